The van der Waals surface area contributed by atoms with Gasteiger partial charge in [0, 0.05) is 24.2 Å². The van der Waals surface area contributed by atoms with Gasteiger partial charge in [-0.1, -0.05) is 6.07 Å². The van der Waals surface area contributed by atoms with E-state index in [-0.39, 0.29) is 12.1 Å². The highest BCUT2D eigenvalue weighted by Gasteiger charge is 2.32. The molecule has 0 aromatic heterocycles. The minimum Gasteiger partial charge on any atom is -0.326 e. The van der Waals surface area contributed by atoms with Crippen molar-refractivity contribution < 1.29 is 8.78 Å². The van der Waals surface area contributed by atoms with E-state index in [4.69, 9.17) is 5.73 Å². The second kappa shape index (κ2) is 3.87. The van der Waals surface area contributed by atoms with Crippen LogP contribution in [0.15, 0.2) is 18.2 Å². The third-order valence-electron chi connectivity index (χ3n) is 2.98. The summed E-state index contributed by atoms with van der Waals surface area (Å²) in [5.74, 6) is -1.06. The normalized spacial score (nSPS) is 27.2. The lowest BCUT2D eigenvalue weighted by Crippen LogP contribution is -2.30. The number of nitrogens with zero attached hydrogens (tertiary/aromatic N) is 1. The molecule has 1 aromatic carbocycles. The average Bonchev–Trinajstić information content (AvgIpc) is 2.48. The molecular weight excluding hydrogens is 198 g/mol. The lowest BCUT2D eigenvalue weighted by Gasteiger charge is -2.23. The highest BCUT2D eigenvalue weighted by molar-refractivity contribution is 5.24. The summed E-state index contributed by atoms with van der Waals surface area (Å²) in [5.41, 5.74) is 6.40. The van der Waals surface area contributed by atoms with Crippen LogP contribution in [0.5, 0.6) is 0 Å². The van der Waals surface area contributed by atoms with E-state index >= 15 is 0 Å². The molecular formula is C11H14F2N2. The fourth-order valence-corrected chi connectivity index (χ4v) is 2.19. The van der Waals surface area contributed by atoms with E-state index in [1.54, 1.807) is 0 Å². The molecule has 2 unspecified atom stereocenters. The van der Waals surface area contributed by atoms with Gasteiger partial charge in [-0.25, -0.2) is 8.78 Å². The van der Waals surface area contributed by atoms with E-state index in [9.17, 15) is 8.78 Å². The van der Waals surface area contributed by atoms with Crippen LogP contribution in [0.4, 0.5) is 8.78 Å². The number of hydrogen-bond donors (Lipinski definition) is 1. The van der Waals surface area contributed by atoms with Crippen molar-refractivity contribution >= 4 is 0 Å². The Morgan fingerprint density at radius 2 is 2.13 bits per heavy atom. The Morgan fingerprint density at radius 1 is 1.40 bits per heavy atom. The van der Waals surface area contributed by atoms with Gasteiger partial charge in [0.1, 0.15) is 11.6 Å². The Bertz CT molecular complexity index is 358. The minimum absolute atomic E-state index is 0.0741. The summed E-state index contributed by atoms with van der Waals surface area (Å²) in [5, 5.41) is 0. The average molecular weight is 212 g/mol. The van der Waals surface area contributed by atoms with Crippen molar-refractivity contribution in [3.05, 3.63) is 35.4 Å². The second-order valence-electron chi connectivity index (χ2n) is 4.04. The van der Waals surface area contributed by atoms with Gasteiger partial charge < -0.3 is 5.73 Å². The first-order valence-electron chi connectivity index (χ1n) is 5.00. The Hall–Kier alpha value is -1.00. The summed E-state index contributed by atoms with van der Waals surface area (Å²) in [6.07, 6.45) is 0.845. The zero-order chi connectivity index (χ0) is 11.0. The van der Waals surface area contributed by atoms with E-state index in [0.717, 1.165) is 19.0 Å². The van der Waals surface area contributed by atoms with Crippen LogP contribution in [0, 0.1) is 11.6 Å². The zero-order valence-electron chi connectivity index (χ0n) is 8.58. The van der Waals surface area contributed by atoms with Crippen LogP contribution in [0.25, 0.3) is 0 Å². The summed E-state index contributed by atoms with van der Waals surface area (Å²) in [7, 11) is 1.90. The predicted octanol–water partition coefficient (Wildman–Crippen LogP) is 1.67. The van der Waals surface area contributed by atoms with Crippen LogP contribution in [0.3, 0.4) is 0 Å². The van der Waals surface area contributed by atoms with Gasteiger partial charge in [-0.3, -0.25) is 4.90 Å². The first-order valence-corrected chi connectivity index (χ1v) is 5.00. The smallest absolute Gasteiger partial charge is 0.130 e. The van der Waals surface area contributed by atoms with Crippen LogP contribution < -0.4 is 5.73 Å². The highest BCUT2D eigenvalue weighted by atomic mass is 19.1. The maximum Gasteiger partial charge on any atom is 0.130 e. The van der Waals surface area contributed by atoms with E-state index in [1.165, 1.54) is 12.1 Å². The molecule has 2 rings (SSSR count). The minimum atomic E-state index is -0.550. The summed E-state index contributed by atoms with van der Waals surface area (Å²) in [6.45, 7) is 0.850. The number of nitrogens with two attached hydrogens (primary N) is 1. The molecule has 1 aromatic rings. The Morgan fingerprint density at radius 3 is 2.67 bits per heavy atom. The molecule has 0 amide bonds. The molecule has 0 bridgehead atoms. The molecule has 1 saturated heterocycles. The fourth-order valence-electron chi connectivity index (χ4n) is 2.19. The van der Waals surface area contributed by atoms with Gasteiger partial charge in [0.25, 0.3) is 0 Å². The van der Waals surface area contributed by atoms with Crippen molar-refractivity contribution in [1.82, 2.24) is 4.90 Å². The Kier molecular flexibility index (Phi) is 2.71. The number of likely N-dealkylation sites (N-methyl/N-ethyl adjacent to an activating group) is 1. The first-order chi connectivity index (χ1) is 7.09. The van der Waals surface area contributed by atoms with Crippen LogP contribution in [0.2, 0.25) is 0 Å². The van der Waals surface area contributed by atoms with Crippen LogP contribution in [-0.2, 0) is 0 Å². The molecule has 1 heterocycles. The Balaban J connectivity index is 2.36. The van der Waals surface area contributed by atoms with Crippen LogP contribution in [-0.4, -0.2) is 24.5 Å². The lowest BCUT2D eigenvalue weighted by molar-refractivity contribution is 0.296. The summed E-state index contributed by atoms with van der Waals surface area (Å²) < 4.78 is 26.3. The highest BCUT2D eigenvalue weighted by Crippen LogP contribution is 2.31. The number of hydrogen-bond acceptors (Lipinski definition) is 2. The van der Waals surface area contributed by atoms with Crippen LogP contribution >= 0.6 is 0 Å². The van der Waals surface area contributed by atoms with Crippen LogP contribution in [0.1, 0.15) is 18.0 Å². The van der Waals surface area contributed by atoms with Crippen molar-refractivity contribution in [2.45, 2.75) is 18.5 Å². The maximum atomic E-state index is 13.5. The van der Waals surface area contributed by atoms with Crippen molar-refractivity contribution in [3.8, 4) is 0 Å². The quantitative estimate of drug-likeness (QED) is 0.767. The SMILES string of the molecule is CN1CCC(N)C1c1ccc(F)cc1F. The number of rotatable bonds is 1. The van der Waals surface area contributed by atoms with Gasteiger partial charge >= 0.3 is 0 Å². The van der Waals surface area contributed by atoms with Gasteiger partial charge in [-0.15, -0.1) is 0 Å². The van der Waals surface area contributed by atoms with Crippen molar-refractivity contribution in [2.24, 2.45) is 5.73 Å². The van der Waals surface area contributed by atoms with Gasteiger partial charge in [-0.2, -0.15) is 0 Å². The summed E-state index contributed by atoms with van der Waals surface area (Å²) in [4.78, 5) is 2.00. The number of halogens is 2. The van der Waals surface area contributed by atoms with Gasteiger partial charge in [0.05, 0.1) is 6.04 Å². The molecule has 0 radical (unpaired) electrons. The monoisotopic (exact) mass is 212 g/mol. The molecule has 1 fully saturated rings. The lowest BCUT2D eigenvalue weighted by atomic mass is 10.0. The van der Waals surface area contributed by atoms with Crippen molar-refractivity contribution in [3.63, 3.8) is 0 Å². The largest absolute Gasteiger partial charge is 0.326 e. The number of likely N-dealkylation sites (tertiary alicyclic amines) is 1. The zero-order valence-corrected chi connectivity index (χ0v) is 8.58. The Labute approximate surface area is 87.7 Å². The predicted molar refractivity (Wildman–Crippen MR) is 54.3 cm³/mol. The molecule has 1 aliphatic rings. The maximum absolute atomic E-state index is 13.5. The van der Waals surface area contributed by atoms with Crippen molar-refractivity contribution in [2.75, 3.05) is 13.6 Å². The molecule has 1 aliphatic heterocycles. The molecule has 0 spiro atoms. The van der Waals surface area contributed by atoms with E-state index in [1.807, 2.05) is 11.9 Å². The molecule has 4 heteroatoms. The topological polar surface area (TPSA) is 29.3 Å². The standard InChI is InChI=1S/C11H14F2N2/c1-15-5-4-10(14)11(15)8-3-2-7(12)6-9(8)13/h2-3,6,10-11H,4-5,14H2,1H3. The van der Waals surface area contributed by atoms with Gasteiger partial charge in [-0.05, 0) is 19.5 Å². The molecule has 82 valence electrons. The second-order valence-corrected chi connectivity index (χ2v) is 4.04. The third kappa shape index (κ3) is 1.87. The third-order valence-corrected chi connectivity index (χ3v) is 2.98. The molecule has 0 aliphatic carbocycles. The van der Waals surface area contributed by atoms with Gasteiger partial charge in [0.2, 0.25) is 0 Å². The molecule has 2 N–H and O–H groups in total. The first kappa shape index (κ1) is 10.5. The molecule has 2 atom stereocenters. The van der Waals surface area contributed by atoms with Crippen molar-refractivity contribution in [1.29, 1.82) is 0 Å². The molecule has 15 heavy (non-hydrogen) atoms. The number of benzene rings is 1. The summed E-state index contributed by atoms with van der Waals surface area (Å²) >= 11 is 0. The molecule has 0 saturated carbocycles. The van der Waals surface area contributed by atoms with E-state index < -0.39 is 11.6 Å². The molecule has 2 nitrogen and oxygen atoms in total. The van der Waals surface area contributed by atoms with E-state index in [2.05, 4.69) is 0 Å². The fraction of sp³-hybridized carbons (Fsp3) is 0.455. The summed E-state index contributed by atoms with van der Waals surface area (Å²) in [6, 6.07) is 3.46. The van der Waals surface area contributed by atoms with Gasteiger partial charge in [0.15, 0.2) is 0 Å². The van der Waals surface area contributed by atoms with E-state index in [0.29, 0.717) is 5.56 Å².